The molecule has 0 aliphatic rings. The van der Waals surface area contributed by atoms with Crippen LogP contribution in [0.5, 0.6) is 5.75 Å². The topological polar surface area (TPSA) is 98.1 Å². The number of aryl methyl sites for hydroxylation is 2. The minimum atomic E-state index is -0.491. The Hall–Kier alpha value is -4.72. The maximum absolute atomic E-state index is 12.3. The van der Waals surface area contributed by atoms with Gasteiger partial charge in [-0.3, -0.25) is 25.4 Å². The number of nitrogens with zero attached hydrogens (tertiary/aromatic N) is 3. The number of aromatic nitrogens is 3. The molecule has 2 heterocycles. The Balaban J connectivity index is 1.40. The summed E-state index contributed by atoms with van der Waals surface area (Å²) in [6.45, 7) is 3.69. The molecule has 2 aromatic heterocycles. The van der Waals surface area contributed by atoms with Crippen molar-refractivity contribution in [2.24, 2.45) is 0 Å². The summed E-state index contributed by atoms with van der Waals surface area (Å²) >= 11 is 0. The monoisotopic (exact) mass is 467 g/mol. The largest absolute Gasteiger partial charge is 0.484 e. The number of benzene rings is 2. The van der Waals surface area contributed by atoms with E-state index in [1.807, 2.05) is 80.7 Å². The van der Waals surface area contributed by atoms with Crippen LogP contribution in [0.1, 0.15) is 16.7 Å². The average Bonchev–Trinajstić information content (AvgIpc) is 3.30. The first-order chi connectivity index (χ1) is 17.0. The molecule has 0 unspecified atom stereocenters. The van der Waals surface area contributed by atoms with Crippen molar-refractivity contribution in [1.82, 2.24) is 25.6 Å². The van der Waals surface area contributed by atoms with Gasteiger partial charge in [0, 0.05) is 35.8 Å². The lowest BCUT2D eigenvalue weighted by Crippen LogP contribution is -2.43. The van der Waals surface area contributed by atoms with Gasteiger partial charge < -0.3 is 4.74 Å². The van der Waals surface area contributed by atoms with Gasteiger partial charge in [-0.05, 0) is 67.4 Å². The summed E-state index contributed by atoms with van der Waals surface area (Å²) in [5.74, 6) is -0.365. The van der Waals surface area contributed by atoms with Gasteiger partial charge in [-0.2, -0.15) is 5.10 Å². The number of pyridine rings is 1. The van der Waals surface area contributed by atoms with Crippen LogP contribution in [0, 0.1) is 13.8 Å². The molecule has 0 fully saturated rings. The van der Waals surface area contributed by atoms with E-state index in [4.69, 9.17) is 4.74 Å². The number of hydrogen-bond donors (Lipinski definition) is 2. The number of ether oxygens (including phenoxy) is 1. The number of amides is 2. The highest BCUT2D eigenvalue weighted by Gasteiger charge is 2.11. The molecule has 2 aromatic carbocycles. The number of rotatable bonds is 7. The third-order valence-electron chi connectivity index (χ3n) is 5.00. The van der Waals surface area contributed by atoms with E-state index in [2.05, 4.69) is 20.9 Å². The molecule has 0 saturated heterocycles. The van der Waals surface area contributed by atoms with E-state index in [9.17, 15) is 9.59 Å². The minimum absolute atomic E-state index is 0.220. The molecular formula is C27H25N5O3. The minimum Gasteiger partial charge on any atom is -0.484 e. The smallest absolute Gasteiger partial charge is 0.276 e. The number of hydrogen-bond acceptors (Lipinski definition) is 5. The molecule has 0 spiro atoms. The lowest BCUT2D eigenvalue weighted by atomic mass is 10.1. The standard InChI is InChI=1S/C27H25N5O3/c1-19-13-20(2)15-24(14-19)35-18-26(34)30-29-25(33)11-10-22-17-32(23-8-4-3-5-9-23)31-27(22)21-7-6-12-28-16-21/h3-17H,18H2,1-2H3,(H,29,33)(H,30,34)/b11-10+. The van der Waals surface area contributed by atoms with E-state index in [-0.39, 0.29) is 6.61 Å². The van der Waals surface area contributed by atoms with Crippen molar-refractivity contribution in [3.05, 3.63) is 102 Å². The van der Waals surface area contributed by atoms with Gasteiger partial charge in [0.25, 0.3) is 11.8 Å². The molecule has 0 aliphatic carbocycles. The molecule has 176 valence electrons. The van der Waals surface area contributed by atoms with Gasteiger partial charge in [-0.25, -0.2) is 4.68 Å². The predicted molar refractivity (Wildman–Crippen MR) is 134 cm³/mol. The normalized spacial score (nSPS) is 10.8. The zero-order chi connectivity index (χ0) is 24.6. The van der Waals surface area contributed by atoms with Crippen LogP contribution in [0.15, 0.2) is 85.3 Å². The number of carbonyl (C=O) groups excluding carboxylic acids is 2. The van der Waals surface area contributed by atoms with Crippen molar-refractivity contribution >= 4 is 17.9 Å². The van der Waals surface area contributed by atoms with E-state index >= 15 is 0 Å². The third-order valence-corrected chi connectivity index (χ3v) is 5.00. The molecule has 4 rings (SSSR count). The highest BCUT2D eigenvalue weighted by Crippen LogP contribution is 2.24. The first-order valence-corrected chi connectivity index (χ1v) is 11.0. The number of carbonyl (C=O) groups is 2. The molecule has 4 aromatic rings. The maximum Gasteiger partial charge on any atom is 0.276 e. The van der Waals surface area contributed by atoms with Crippen LogP contribution in [-0.4, -0.2) is 33.2 Å². The van der Waals surface area contributed by atoms with Crippen LogP contribution in [0.25, 0.3) is 23.0 Å². The van der Waals surface area contributed by atoms with Gasteiger partial charge in [0.1, 0.15) is 11.4 Å². The number of para-hydroxylation sites is 1. The van der Waals surface area contributed by atoms with Crippen molar-refractivity contribution in [2.45, 2.75) is 13.8 Å². The van der Waals surface area contributed by atoms with Gasteiger partial charge >= 0.3 is 0 Å². The van der Waals surface area contributed by atoms with Gasteiger partial charge in [0.2, 0.25) is 0 Å². The second-order valence-corrected chi connectivity index (χ2v) is 7.94. The van der Waals surface area contributed by atoms with Gasteiger partial charge in [0.15, 0.2) is 6.61 Å². The zero-order valence-electron chi connectivity index (χ0n) is 19.4. The van der Waals surface area contributed by atoms with Crippen LogP contribution in [-0.2, 0) is 9.59 Å². The van der Waals surface area contributed by atoms with E-state index in [0.29, 0.717) is 11.4 Å². The fraction of sp³-hybridized carbons (Fsp3) is 0.111. The van der Waals surface area contributed by atoms with E-state index < -0.39 is 11.8 Å². The lowest BCUT2D eigenvalue weighted by Gasteiger charge is -2.09. The Morgan fingerprint density at radius 2 is 1.77 bits per heavy atom. The van der Waals surface area contributed by atoms with Crippen LogP contribution in [0.3, 0.4) is 0 Å². The fourth-order valence-electron chi connectivity index (χ4n) is 3.49. The van der Waals surface area contributed by atoms with Crippen molar-refractivity contribution in [1.29, 1.82) is 0 Å². The van der Waals surface area contributed by atoms with Crippen molar-refractivity contribution in [3.8, 4) is 22.7 Å². The van der Waals surface area contributed by atoms with Crippen LogP contribution in [0.4, 0.5) is 0 Å². The Morgan fingerprint density at radius 3 is 2.49 bits per heavy atom. The molecule has 0 saturated carbocycles. The van der Waals surface area contributed by atoms with Crippen molar-refractivity contribution in [3.63, 3.8) is 0 Å². The molecule has 8 heteroatoms. The quantitative estimate of drug-likeness (QED) is 0.318. The molecule has 35 heavy (non-hydrogen) atoms. The second-order valence-electron chi connectivity index (χ2n) is 7.94. The van der Waals surface area contributed by atoms with Crippen LogP contribution < -0.4 is 15.6 Å². The summed E-state index contributed by atoms with van der Waals surface area (Å²) in [4.78, 5) is 28.6. The Labute approximate surface area is 203 Å². The average molecular weight is 468 g/mol. The molecule has 2 amide bonds. The summed E-state index contributed by atoms with van der Waals surface area (Å²) in [6, 6.07) is 19.1. The van der Waals surface area contributed by atoms with E-state index in [1.165, 1.54) is 6.08 Å². The van der Waals surface area contributed by atoms with Crippen molar-refractivity contribution < 1.29 is 14.3 Å². The molecule has 8 nitrogen and oxygen atoms in total. The SMILES string of the molecule is Cc1cc(C)cc(OCC(=O)NNC(=O)/C=C/c2cn(-c3ccccc3)nc2-c2cccnc2)c1. The summed E-state index contributed by atoms with van der Waals surface area (Å²) < 4.78 is 7.24. The fourth-order valence-corrected chi connectivity index (χ4v) is 3.49. The van der Waals surface area contributed by atoms with Crippen LogP contribution >= 0.6 is 0 Å². The predicted octanol–water partition coefficient (Wildman–Crippen LogP) is 3.79. The molecule has 0 bridgehead atoms. The molecular weight excluding hydrogens is 442 g/mol. The number of nitrogens with one attached hydrogen (secondary N) is 2. The number of hydrazine groups is 1. The Bertz CT molecular complexity index is 1330. The maximum atomic E-state index is 12.3. The van der Waals surface area contributed by atoms with Gasteiger partial charge in [0.05, 0.1) is 5.69 Å². The Morgan fingerprint density at radius 1 is 1.00 bits per heavy atom. The summed E-state index contributed by atoms with van der Waals surface area (Å²) in [5.41, 5.74) is 9.90. The van der Waals surface area contributed by atoms with Gasteiger partial charge in [-0.15, -0.1) is 0 Å². The van der Waals surface area contributed by atoms with E-state index in [1.54, 1.807) is 23.2 Å². The van der Waals surface area contributed by atoms with Crippen molar-refractivity contribution in [2.75, 3.05) is 6.61 Å². The lowest BCUT2D eigenvalue weighted by molar-refractivity contribution is -0.128. The van der Waals surface area contributed by atoms with Crippen LogP contribution in [0.2, 0.25) is 0 Å². The zero-order valence-corrected chi connectivity index (χ0v) is 19.4. The highest BCUT2D eigenvalue weighted by atomic mass is 16.5. The van der Waals surface area contributed by atoms with E-state index in [0.717, 1.165) is 27.9 Å². The summed E-state index contributed by atoms with van der Waals surface area (Å²) in [6.07, 6.45) is 8.20. The molecule has 0 radical (unpaired) electrons. The second kappa shape index (κ2) is 10.9. The molecule has 2 N–H and O–H groups in total. The molecule has 0 aliphatic heterocycles. The first kappa shape index (κ1) is 23.4. The highest BCUT2D eigenvalue weighted by molar-refractivity contribution is 5.94. The summed E-state index contributed by atoms with van der Waals surface area (Å²) in [5, 5.41) is 4.68. The first-order valence-electron chi connectivity index (χ1n) is 11.0. The van der Waals surface area contributed by atoms with Gasteiger partial charge in [-0.1, -0.05) is 24.3 Å². The third kappa shape index (κ3) is 6.42. The summed E-state index contributed by atoms with van der Waals surface area (Å²) in [7, 11) is 0. The Kier molecular flexibility index (Phi) is 7.32. The molecule has 0 atom stereocenters.